The molecule has 3 aromatic carbocycles. The number of amides is 1. The number of hydrogen-bond acceptors (Lipinski definition) is 4. The molecule has 0 aliphatic carbocycles. The van der Waals surface area contributed by atoms with Gasteiger partial charge in [-0.15, -0.1) is 0 Å². The fourth-order valence-electron chi connectivity index (χ4n) is 4.13. The standard InChI is InChI=1S/C29H33N3O3/c1-22-9-7-10-25(21-22)35-20-6-5-19-32-27-12-4-3-11-26(27)31-28(32)13-8-18-30-29(33)23-14-16-24(34-2)17-15-23/h3-4,7,9-12,14-17,21H,5-6,8,13,18-20H2,1-2H3,(H,30,33). The highest BCUT2D eigenvalue weighted by Crippen LogP contribution is 2.19. The van der Waals surface area contributed by atoms with Gasteiger partial charge < -0.3 is 19.4 Å². The third-order valence-corrected chi connectivity index (χ3v) is 5.98. The molecule has 4 rings (SSSR count). The predicted octanol–water partition coefficient (Wildman–Crippen LogP) is 5.58. The zero-order chi connectivity index (χ0) is 24.5. The van der Waals surface area contributed by atoms with Crippen LogP contribution < -0.4 is 14.8 Å². The number of fused-ring (bicyclic) bond motifs is 1. The second-order valence-electron chi connectivity index (χ2n) is 8.63. The van der Waals surface area contributed by atoms with Crippen molar-refractivity contribution in [3.63, 3.8) is 0 Å². The highest BCUT2D eigenvalue weighted by Gasteiger charge is 2.11. The molecule has 0 aliphatic heterocycles. The number of carbonyl (C=O) groups is 1. The number of nitrogens with zero attached hydrogens (tertiary/aromatic N) is 2. The van der Waals surface area contributed by atoms with E-state index >= 15 is 0 Å². The molecule has 0 saturated heterocycles. The Morgan fingerprint density at radius 1 is 0.943 bits per heavy atom. The third kappa shape index (κ3) is 6.63. The van der Waals surface area contributed by atoms with Crippen molar-refractivity contribution in [1.82, 2.24) is 14.9 Å². The Balaban J connectivity index is 1.28. The first-order chi connectivity index (χ1) is 17.1. The maximum absolute atomic E-state index is 12.4. The van der Waals surface area contributed by atoms with Crippen LogP contribution in [0.15, 0.2) is 72.8 Å². The van der Waals surface area contributed by atoms with E-state index in [1.165, 1.54) is 5.56 Å². The van der Waals surface area contributed by atoms with Crippen molar-refractivity contribution in [2.45, 2.75) is 39.2 Å². The summed E-state index contributed by atoms with van der Waals surface area (Å²) in [6, 6.07) is 23.6. The Bertz CT molecular complexity index is 1250. The number of para-hydroxylation sites is 2. The van der Waals surface area contributed by atoms with E-state index in [0.29, 0.717) is 18.7 Å². The van der Waals surface area contributed by atoms with Crippen molar-refractivity contribution in [1.29, 1.82) is 0 Å². The van der Waals surface area contributed by atoms with Crippen LogP contribution >= 0.6 is 0 Å². The van der Waals surface area contributed by atoms with Crippen LogP contribution in [0.4, 0.5) is 0 Å². The molecule has 0 aliphatic rings. The lowest BCUT2D eigenvalue weighted by atomic mass is 10.2. The molecule has 182 valence electrons. The van der Waals surface area contributed by atoms with E-state index in [1.54, 1.807) is 31.4 Å². The number of carbonyl (C=O) groups excluding carboxylic acids is 1. The van der Waals surface area contributed by atoms with E-state index in [2.05, 4.69) is 47.1 Å². The number of hydrogen-bond donors (Lipinski definition) is 1. The number of rotatable bonds is 12. The Morgan fingerprint density at radius 3 is 2.57 bits per heavy atom. The van der Waals surface area contributed by atoms with Crippen molar-refractivity contribution < 1.29 is 14.3 Å². The first-order valence-corrected chi connectivity index (χ1v) is 12.2. The predicted molar refractivity (Wildman–Crippen MR) is 139 cm³/mol. The highest BCUT2D eigenvalue weighted by molar-refractivity contribution is 5.94. The number of benzene rings is 3. The summed E-state index contributed by atoms with van der Waals surface area (Å²) in [5.74, 6) is 2.65. The van der Waals surface area contributed by atoms with Gasteiger partial charge in [0.1, 0.15) is 17.3 Å². The van der Waals surface area contributed by atoms with Gasteiger partial charge in [-0.3, -0.25) is 4.79 Å². The maximum Gasteiger partial charge on any atom is 0.251 e. The van der Waals surface area contributed by atoms with E-state index in [-0.39, 0.29) is 5.91 Å². The zero-order valence-corrected chi connectivity index (χ0v) is 20.5. The lowest BCUT2D eigenvalue weighted by Crippen LogP contribution is -2.25. The molecule has 0 spiro atoms. The highest BCUT2D eigenvalue weighted by atomic mass is 16.5. The van der Waals surface area contributed by atoms with Crippen LogP contribution in [0.1, 0.15) is 41.0 Å². The van der Waals surface area contributed by atoms with Crippen molar-refractivity contribution in [3.8, 4) is 11.5 Å². The number of aryl methyl sites for hydroxylation is 3. The van der Waals surface area contributed by atoms with Crippen LogP contribution in [-0.2, 0) is 13.0 Å². The van der Waals surface area contributed by atoms with Gasteiger partial charge in [-0.25, -0.2) is 4.98 Å². The van der Waals surface area contributed by atoms with Gasteiger partial charge >= 0.3 is 0 Å². The lowest BCUT2D eigenvalue weighted by molar-refractivity contribution is 0.0953. The molecule has 1 N–H and O–H groups in total. The van der Waals surface area contributed by atoms with Crippen LogP contribution in [0.2, 0.25) is 0 Å². The van der Waals surface area contributed by atoms with Gasteiger partial charge in [0.05, 0.1) is 24.8 Å². The Morgan fingerprint density at radius 2 is 1.77 bits per heavy atom. The Labute approximate surface area is 206 Å². The second kappa shape index (κ2) is 12.1. The quantitative estimate of drug-likeness (QED) is 0.274. The van der Waals surface area contributed by atoms with Gasteiger partial charge in [0, 0.05) is 25.1 Å². The van der Waals surface area contributed by atoms with E-state index in [9.17, 15) is 4.79 Å². The van der Waals surface area contributed by atoms with Gasteiger partial charge in [-0.05, 0) is 80.3 Å². The first kappa shape index (κ1) is 24.3. The summed E-state index contributed by atoms with van der Waals surface area (Å²) >= 11 is 0. The minimum atomic E-state index is -0.0743. The largest absolute Gasteiger partial charge is 0.497 e. The number of aromatic nitrogens is 2. The minimum Gasteiger partial charge on any atom is -0.497 e. The number of imidazole rings is 1. The van der Waals surface area contributed by atoms with Gasteiger partial charge in [0.25, 0.3) is 5.91 Å². The van der Waals surface area contributed by atoms with E-state index in [4.69, 9.17) is 14.5 Å². The average molecular weight is 472 g/mol. The molecule has 0 atom stereocenters. The molecular formula is C29H33N3O3. The summed E-state index contributed by atoms with van der Waals surface area (Å²) < 4.78 is 13.4. The lowest BCUT2D eigenvalue weighted by Gasteiger charge is -2.11. The fraction of sp³-hybridized carbons (Fsp3) is 0.310. The van der Waals surface area contributed by atoms with Gasteiger partial charge in [-0.1, -0.05) is 24.3 Å². The SMILES string of the molecule is COc1ccc(C(=O)NCCCc2nc3ccccc3n2CCCCOc2cccc(C)c2)cc1. The summed E-state index contributed by atoms with van der Waals surface area (Å²) in [5, 5.41) is 3.01. The molecule has 35 heavy (non-hydrogen) atoms. The zero-order valence-electron chi connectivity index (χ0n) is 20.5. The second-order valence-corrected chi connectivity index (χ2v) is 8.63. The molecule has 1 amide bonds. The third-order valence-electron chi connectivity index (χ3n) is 5.98. The fourth-order valence-corrected chi connectivity index (χ4v) is 4.13. The molecule has 6 nitrogen and oxygen atoms in total. The summed E-state index contributed by atoms with van der Waals surface area (Å²) in [6.45, 7) is 4.26. The first-order valence-electron chi connectivity index (χ1n) is 12.2. The smallest absolute Gasteiger partial charge is 0.251 e. The number of ether oxygens (including phenoxy) is 2. The average Bonchev–Trinajstić information content (AvgIpc) is 3.23. The number of nitrogens with one attached hydrogen (secondary N) is 1. The summed E-state index contributed by atoms with van der Waals surface area (Å²) in [5.41, 5.74) is 4.01. The van der Waals surface area contributed by atoms with Gasteiger partial charge in [0.15, 0.2) is 0 Å². The van der Waals surface area contributed by atoms with Crippen molar-refractivity contribution in [2.24, 2.45) is 0 Å². The van der Waals surface area contributed by atoms with Gasteiger partial charge in [-0.2, -0.15) is 0 Å². The molecule has 0 saturated carbocycles. The topological polar surface area (TPSA) is 65.4 Å². The maximum atomic E-state index is 12.4. The Hall–Kier alpha value is -3.80. The van der Waals surface area contributed by atoms with Crippen molar-refractivity contribution in [3.05, 3.63) is 89.7 Å². The molecule has 0 unspecified atom stereocenters. The molecule has 1 aromatic heterocycles. The normalized spacial score (nSPS) is 10.9. The van der Waals surface area contributed by atoms with Crippen LogP contribution in [0.25, 0.3) is 11.0 Å². The van der Waals surface area contributed by atoms with Crippen LogP contribution in [-0.4, -0.2) is 35.7 Å². The molecular weight excluding hydrogens is 438 g/mol. The van der Waals surface area contributed by atoms with E-state index in [1.807, 2.05) is 18.2 Å². The molecule has 0 bridgehead atoms. The van der Waals surface area contributed by atoms with E-state index < -0.39 is 0 Å². The summed E-state index contributed by atoms with van der Waals surface area (Å²) in [4.78, 5) is 17.3. The molecule has 0 radical (unpaired) electrons. The van der Waals surface area contributed by atoms with Crippen molar-refractivity contribution >= 4 is 16.9 Å². The van der Waals surface area contributed by atoms with Crippen LogP contribution in [0.3, 0.4) is 0 Å². The van der Waals surface area contributed by atoms with Crippen molar-refractivity contribution in [2.75, 3.05) is 20.3 Å². The number of unbranched alkanes of at least 4 members (excludes halogenated alkanes) is 1. The molecule has 4 aromatic rings. The molecule has 1 heterocycles. The summed E-state index contributed by atoms with van der Waals surface area (Å²) in [6.07, 6.45) is 3.60. The monoisotopic (exact) mass is 471 g/mol. The summed E-state index contributed by atoms with van der Waals surface area (Å²) in [7, 11) is 1.61. The molecule has 0 fully saturated rings. The van der Waals surface area contributed by atoms with Gasteiger partial charge in [0.2, 0.25) is 0 Å². The van der Waals surface area contributed by atoms with E-state index in [0.717, 1.165) is 60.6 Å². The molecule has 6 heteroatoms. The Kier molecular flexibility index (Phi) is 8.39. The van der Waals surface area contributed by atoms with Crippen LogP contribution in [0, 0.1) is 6.92 Å². The van der Waals surface area contributed by atoms with Crippen LogP contribution in [0.5, 0.6) is 11.5 Å². The number of methoxy groups -OCH3 is 1. The minimum absolute atomic E-state index is 0.0743.